The lowest BCUT2D eigenvalue weighted by Gasteiger charge is -2.04. The van der Waals surface area contributed by atoms with Gasteiger partial charge < -0.3 is 9.47 Å². The number of non-ortho nitro benzene ring substituents is 1. The zero-order valence-corrected chi connectivity index (χ0v) is 13.7. The lowest BCUT2D eigenvalue weighted by Crippen LogP contribution is -2.17. The standard InChI is InChI=1S/C17H15N3O6/c1-25-16(21)11-26-15-8-2-12(3-9-15)10-18-19-17(22)13-4-6-14(7-5-13)20(23)24/h2-10H,11H2,1H3,(H,19,22)/b18-10-. The average Bonchev–Trinajstić information content (AvgIpc) is 2.67. The smallest absolute Gasteiger partial charge is 0.343 e. The maximum atomic E-state index is 11.9. The minimum absolute atomic E-state index is 0.0976. The van der Waals surface area contributed by atoms with Crippen LogP contribution in [0.25, 0.3) is 0 Å². The Kier molecular flexibility index (Phi) is 6.38. The summed E-state index contributed by atoms with van der Waals surface area (Å²) in [4.78, 5) is 32.9. The zero-order chi connectivity index (χ0) is 18.9. The second kappa shape index (κ2) is 8.92. The van der Waals surface area contributed by atoms with Crippen molar-refractivity contribution in [3.05, 3.63) is 69.8 Å². The molecule has 0 aliphatic rings. The number of nitrogens with zero attached hydrogens (tertiary/aromatic N) is 2. The summed E-state index contributed by atoms with van der Waals surface area (Å²) in [5.74, 6) is -0.485. The number of hydrogen-bond acceptors (Lipinski definition) is 7. The molecule has 0 radical (unpaired) electrons. The molecule has 2 aromatic carbocycles. The number of carbonyl (C=O) groups excluding carboxylic acids is 2. The van der Waals surface area contributed by atoms with Crippen molar-refractivity contribution in [2.75, 3.05) is 13.7 Å². The average molecular weight is 357 g/mol. The van der Waals surface area contributed by atoms with Gasteiger partial charge in [0.2, 0.25) is 0 Å². The number of esters is 1. The van der Waals surface area contributed by atoms with E-state index in [-0.39, 0.29) is 17.9 Å². The summed E-state index contributed by atoms with van der Waals surface area (Å²) in [6, 6.07) is 11.8. The molecule has 0 heterocycles. The predicted molar refractivity (Wildman–Crippen MR) is 92.1 cm³/mol. The number of rotatable bonds is 7. The predicted octanol–water partition coefficient (Wildman–Crippen LogP) is 1.91. The Hall–Kier alpha value is -3.75. The van der Waals surface area contributed by atoms with Crippen molar-refractivity contribution in [3.8, 4) is 5.75 Å². The van der Waals surface area contributed by atoms with E-state index in [1.54, 1.807) is 24.3 Å². The zero-order valence-electron chi connectivity index (χ0n) is 13.7. The molecule has 0 unspecified atom stereocenters. The van der Waals surface area contributed by atoms with Gasteiger partial charge in [0.25, 0.3) is 11.6 Å². The van der Waals surface area contributed by atoms with Crippen LogP contribution in [0.15, 0.2) is 53.6 Å². The molecule has 9 nitrogen and oxygen atoms in total. The first kappa shape index (κ1) is 18.6. The van der Waals surface area contributed by atoms with E-state index in [9.17, 15) is 19.7 Å². The minimum atomic E-state index is -0.543. The van der Waals surface area contributed by atoms with Crippen LogP contribution in [0.1, 0.15) is 15.9 Å². The Morgan fingerprint density at radius 2 is 1.81 bits per heavy atom. The third-order valence-corrected chi connectivity index (χ3v) is 3.18. The number of carbonyl (C=O) groups is 2. The van der Waals surface area contributed by atoms with E-state index in [2.05, 4.69) is 15.3 Å². The Labute approximate surface area is 148 Å². The lowest BCUT2D eigenvalue weighted by molar-refractivity contribution is -0.384. The summed E-state index contributed by atoms with van der Waals surface area (Å²) >= 11 is 0. The summed E-state index contributed by atoms with van der Waals surface area (Å²) in [6.45, 7) is -0.185. The number of hydrogen-bond donors (Lipinski definition) is 1. The van der Waals surface area contributed by atoms with Crippen LogP contribution in [0.4, 0.5) is 5.69 Å². The maximum Gasteiger partial charge on any atom is 0.343 e. The van der Waals surface area contributed by atoms with Crippen molar-refractivity contribution < 1.29 is 24.0 Å². The molecular weight excluding hydrogens is 342 g/mol. The number of ether oxygens (including phenoxy) is 2. The molecule has 0 spiro atoms. The third-order valence-electron chi connectivity index (χ3n) is 3.18. The SMILES string of the molecule is COC(=O)COc1ccc(/C=N\NC(=O)c2ccc([N+](=O)[O-])cc2)cc1. The van der Waals surface area contributed by atoms with Gasteiger partial charge in [-0.05, 0) is 42.0 Å². The van der Waals surface area contributed by atoms with Crippen LogP contribution >= 0.6 is 0 Å². The van der Waals surface area contributed by atoms with Crippen molar-refractivity contribution in [2.24, 2.45) is 5.10 Å². The first-order chi connectivity index (χ1) is 12.5. The van der Waals surface area contributed by atoms with E-state index in [1.165, 1.54) is 37.6 Å². The van der Waals surface area contributed by atoms with Crippen LogP contribution in [-0.2, 0) is 9.53 Å². The molecule has 0 aromatic heterocycles. The molecule has 2 aromatic rings. The topological polar surface area (TPSA) is 120 Å². The summed E-state index contributed by atoms with van der Waals surface area (Å²) in [5, 5.41) is 14.4. The van der Waals surface area contributed by atoms with Gasteiger partial charge in [0.1, 0.15) is 5.75 Å². The number of nitrogens with one attached hydrogen (secondary N) is 1. The highest BCUT2D eigenvalue weighted by molar-refractivity contribution is 5.95. The molecule has 134 valence electrons. The van der Waals surface area contributed by atoms with E-state index in [1.807, 2.05) is 0 Å². The van der Waals surface area contributed by atoms with Crippen molar-refractivity contribution in [1.82, 2.24) is 5.43 Å². The first-order valence-electron chi connectivity index (χ1n) is 7.37. The van der Waals surface area contributed by atoms with Gasteiger partial charge in [-0.1, -0.05) is 0 Å². The molecule has 1 amide bonds. The molecular formula is C17H15N3O6. The molecule has 0 bridgehead atoms. The van der Waals surface area contributed by atoms with Gasteiger partial charge in [-0.2, -0.15) is 5.10 Å². The fourth-order valence-corrected chi connectivity index (χ4v) is 1.82. The van der Waals surface area contributed by atoms with Gasteiger partial charge in [0, 0.05) is 17.7 Å². The molecule has 0 aliphatic carbocycles. The maximum absolute atomic E-state index is 11.9. The monoisotopic (exact) mass is 357 g/mol. The summed E-state index contributed by atoms with van der Waals surface area (Å²) in [7, 11) is 1.27. The Morgan fingerprint density at radius 1 is 1.15 bits per heavy atom. The van der Waals surface area contributed by atoms with Gasteiger partial charge in [-0.3, -0.25) is 14.9 Å². The Balaban J connectivity index is 1.88. The highest BCUT2D eigenvalue weighted by atomic mass is 16.6. The lowest BCUT2D eigenvalue weighted by atomic mass is 10.2. The molecule has 1 N–H and O–H groups in total. The van der Waals surface area contributed by atoms with Crippen LogP contribution in [0.3, 0.4) is 0 Å². The van der Waals surface area contributed by atoms with Crippen molar-refractivity contribution in [1.29, 1.82) is 0 Å². The van der Waals surface area contributed by atoms with Gasteiger partial charge in [-0.15, -0.1) is 0 Å². The first-order valence-corrected chi connectivity index (χ1v) is 7.37. The minimum Gasteiger partial charge on any atom is -0.482 e. The number of hydrazone groups is 1. The van der Waals surface area contributed by atoms with E-state index in [0.29, 0.717) is 11.3 Å². The second-order valence-electron chi connectivity index (χ2n) is 4.94. The normalized spacial score (nSPS) is 10.3. The molecule has 0 fully saturated rings. The van der Waals surface area contributed by atoms with Crippen LogP contribution in [0, 0.1) is 10.1 Å². The molecule has 0 saturated carbocycles. The molecule has 0 saturated heterocycles. The number of amides is 1. The fraction of sp³-hybridized carbons (Fsp3) is 0.118. The van der Waals surface area contributed by atoms with Crippen molar-refractivity contribution in [2.45, 2.75) is 0 Å². The van der Waals surface area contributed by atoms with Crippen LogP contribution in [-0.4, -0.2) is 36.7 Å². The van der Waals surface area contributed by atoms with E-state index in [4.69, 9.17) is 4.74 Å². The molecule has 26 heavy (non-hydrogen) atoms. The third kappa shape index (κ3) is 5.41. The van der Waals surface area contributed by atoms with Gasteiger partial charge in [-0.25, -0.2) is 10.2 Å². The second-order valence-corrected chi connectivity index (χ2v) is 4.94. The molecule has 0 atom stereocenters. The van der Waals surface area contributed by atoms with Gasteiger partial charge in [0.05, 0.1) is 18.2 Å². The number of benzene rings is 2. The highest BCUT2D eigenvalue weighted by Gasteiger charge is 2.08. The number of nitro benzene ring substituents is 1. The van der Waals surface area contributed by atoms with Crippen LogP contribution < -0.4 is 10.2 Å². The van der Waals surface area contributed by atoms with Crippen molar-refractivity contribution in [3.63, 3.8) is 0 Å². The Bertz CT molecular complexity index is 815. The van der Waals surface area contributed by atoms with Crippen LogP contribution in [0.2, 0.25) is 0 Å². The fourth-order valence-electron chi connectivity index (χ4n) is 1.82. The quantitative estimate of drug-likeness (QED) is 0.350. The molecule has 9 heteroatoms. The van der Waals surface area contributed by atoms with E-state index < -0.39 is 16.8 Å². The highest BCUT2D eigenvalue weighted by Crippen LogP contribution is 2.12. The number of nitro groups is 1. The van der Waals surface area contributed by atoms with Gasteiger partial charge >= 0.3 is 5.97 Å². The van der Waals surface area contributed by atoms with Crippen molar-refractivity contribution >= 4 is 23.8 Å². The largest absolute Gasteiger partial charge is 0.482 e. The summed E-state index contributed by atoms with van der Waals surface area (Å²) in [6.07, 6.45) is 1.42. The summed E-state index contributed by atoms with van der Waals surface area (Å²) in [5.41, 5.74) is 3.17. The van der Waals surface area contributed by atoms with E-state index in [0.717, 1.165) is 0 Å². The Morgan fingerprint density at radius 3 is 2.38 bits per heavy atom. The molecule has 2 rings (SSSR count). The number of methoxy groups -OCH3 is 1. The van der Waals surface area contributed by atoms with Crippen LogP contribution in [0.5, 0.6) is 5.75 Å². The van der Waals surface area contributed by atoms with E-state index >= 15 is 0 Å². The summed E-state index contributed by atoms with van der Waals surface area (Å²) < 4.78 is 9.67. The molecule has 0 aliphatic heterocycles. The van der Waals surface area contributed by atoms with Gasteiger partial charge in [0.15, 0.2) is 6.61 Å².